The van der Waals surface area contributed by atoms with E-state index in [1.54, 1.807) is 12.3 Å². The number of hydrogen-bond donors (Lipinski definition) is 0. The van der Waals surface area contributed by atoms with Gasteiger partial charge in [0.1, 0.15) is 17.3 Å². The van der Waals surface area contributed by atoms with Crippen molar-refractivity contribution in [3.8, 4) is 16.9 Å². The molecule has 178 valence electrons. The van der Waals surface area contributed by atoms with E-state index in [1.165, 1.54) is 6.07 Å². The maximum Gasteiger partial charge on any atom is 0.139 e. The number of piperazine rings is 1. The number of carbonyl (C=O) groups excluding carboxylic acids is 1. The van der Waals surface area contributed by atoms with Gasteiger partial charge in [-0.1, -0.05) is 18.2 Å². The molecule has 0 saturated carbocycles. The number of halogens is 1. The average Bonchev–Trinajstić information content (AvgIpc) is 2.84. The number of rotatable bonds is 9. The second-order valence-electron chi connectivity index (χ2n) is 8.82. The van der Waals surface area contributed by atoms with Gasteiger partial charge in [-0.25, -0.2) is 4.39 Å². The molecule has 0 amide bonds. The van der Waals surface area contributed by atoms with Crippen molar-refractivity contribution in [3.63, 3.8) is 0 Å². The maximum atomic E-state index is 14.2. The van der Waals surface area contributed by atoms with Crippen molar-refractivity contribution in [1.29, 1.82) is 0 Å². The molecular weight excluding hydrogens is 429 g/mol. The van der Waals surface area contributed by atoms with Gasteiger partial charge in [0.25, 0.3) is 0 Å². The van der Waals surface area contributed by atoms with E-state index in [-0.39, 0.29) is 18.0 Å². The Morgan fingerprint density at radius 1 is 1.00 bits per heavy atom. The van der Waals surface area contributed by atoms with Crippen LogP contribution >= 0.6 is 0 Å². The molecule has 0 N–H and O–H groups in total. The summed E-state index contributed by atoms with van der Waals surface area (Å²) in [5.41, 5.74) is 4.56. The first-order valence-electron chi connectivity index (χ1n) is 11.9. The second kappa shape index (κ2) is 11.3. The molecule has 0 atom stereocenters. The van der Waals surface area contributed by atoms with Crippen LogP contribution in [-0.2, 0) is 17.6 Å². The predicted molar refractivity (Wildman–Crippen MR) is 134 cm³/mol. The van der Waals surface area contributed by atoms with E-state index < -0.39 is 0 Å². The van der Waals surface area contributed by atoms with Crippen molar-refractivity contribution in [2.24, 2.45) is 0 Å². The van der Waals surface area contributed by atoms with Crippen LogP contribution in [0.4, 0.5) is 10.1 Å². The zero-order chi connectivity index (χ0) is 23.9. The number of hydrogen-bond acceptors (Lipinski definition) is 5. The average molecular weight is 462 g/mol. The number of carbonyl (C=O) groups is 1. The molecule has 6 heteroatoms. The highest BCUT2D eigenvalue weighted by atomic mass is 19.1. The third-order valence-corrected chi connectivity index (χ3v) is 6.20. The number of aromatic nitrogens is 1. The number of ether oxygens (including phenoxy) is 1. The summed E-state index contributed by atoms with van der Waals surface area (Å²) >= 11 is 0. The summed E-state index contributed by atoms with van der Waals surface area (Å²) in [6.45, 7) is 6.30. The molecule has 2 heterocycles. The van der Waals surface area contributed by atoms with Gasteiger partial charge in [-0.2, -0.15) is 0 Å². The Labute approximate surface area is 201 Å². The zero-order valence-corrected chi connectivity index (χ0v) is 20.0. The van der Waals surface area contributed by atoms with Gasteiger partial charge in [-0.15, -0.1) is 0 Å². The summed E-state index contributed by atoms with van der Waals surface area (Å²) in [7, 11) is 2.10. The summed E-state index contributed by atoms with van der Waals surface area (Å²) in [5.74, 6) is 0.701. The quantitative estimate of drug-likeness (QED) is 0.459. The van der Waals surface area contributed by atoms with E-state index in [2.05, 4.69) is 21.8 Å². The molecule has 1 saturated heterocycles. The smallest absolute Gasteiger partial charge is 0.139 e. The molecule has 1 aliphatic heterocycles. The van der Waals surface area contributed by atoms with Gasteiger partial charge < -0.3 is 14.5 Å². The lowest BCUT2D eigenvalue weighted by molar-refractivity contribution is -0.118. The molecule has 34 heavy (non-hydrogen) atoms. The Kier molecular flexibility index (Phi) is 7.91. The standard InChI is InChI=1S/C28H32FN3O2/c1-3-34-28-10-6-22(7-11-28)23-5-8-25(30-20-23)19-27(33)9-4-21-16-24(29)18-26(17-21)32-14-12-31(2)13-15-32/h5-8,10-11,16-18,20H,3-4,9,12-15,19H2,1-2H3. The Balaban J connectivity index is 1.31. The molecule has 5 nitrogen and oxygen atoms in total. The summed E-state index contributed by atoms with van der Waals surface area (Å²) in [6, 6.07) is 16.9. The fourth-order valence-corrected chi connectivity index (χ4v) is 4.21. The Morgan fingerprint density at radius 3 is 2.41 bits per heavy atom. The summed E-state index contributed by atoms with van der Waals surface area (Å²) < 4.78 is 19.7. The van der Waals surface area contributed by atoms with Crippen molar-refractivity contribution in [2.75, 3.05) is 44.7 Å². The van der Waals surface area contributed by atoms with Crippen LogP contribution in [0.5, 0.6) is 5.75 Å². The van der Waals surface area contributed by atoms with Crippen molar-refractivity contribution in [2.45, 2.75) is 26.2 Å². The fraction of sp³-hybridized carbons (Fsp3) is 0.357. The van der Waals surface area contributed by atoms with Gasteiger partial charge in [0.2, 0.25) is 0 Å². The van der Waals surface area contributed by atoms with E-state index in [9.17, 15) is 9.18 Å². The van der Waals surface area contributed by atoms with E-state index in [1.807, 2.05) is 49.4 Å². The van der Waals surface area contributed by atoms with E-state index in [4.69, 9.17) is 4.74 Å². The lowest BCUT2D eigenvalue weighted by Crippen LogP contribution is -2.44. The number of pyridine rings is 1. The molecule has 1 aromatic heterocycles. The number of aryl methyl sites for hydroxylation is 1. The summed E-state index contributed by atoms with van der Waals surface area (Å²) in [5, 5.41) is 0. The van der Waals surface area contributed by atoms with Crippen molar-refractivity contribution >= 4 is 11.5 Å². The second-order valence-corrected chi connectivity index (χ2v) is 8.82. The SMILES string of the molecule is CCOc1ccc(-c2ccc(CC(=O)CCc3cc(F)cc(N4CCN(C)CC4)c3)nc2)cc1. The minimum atomic E-state index is -0.245. The monoisotopic (exact) mass is 461 g/mol. The normalized spacial score (nSPS) is 14.3. The molecule has 0 bridgehead atoms. The highest BCUT2D eigenvalue weighted by Gasteiger charge is 2.16. The topological polar surface area (TPSA) is 45.7 Å². The van der Waals surface area contributed by atoms with E-state index >= 15 is 0 Å². The van der Waals surface area contributed by atoms with Crippen LogP contribution in [0.25, 0.3) is 11.1 Å². The number of benzene rings is 2. The van der Waals surface area contributed by atoms with Crippen LogP contribution in [0.15, 0.2) is 60.8 Å². The van der Waals surface area contributed by atoms with Gasteiger partial charge in [-0.05, 0) is 67.9 Å². The molecule has 0 unspecified atom stereocenters. The lowest BCUT2D eigenvalue weighted by atomic mass is 10.0. The molecule has 2 aromatic carbocycles. The molecule has 0 spiro atoms. The van der Waals surface area contributed by atoms with Gasteiger partial charge >= 0.3 is 0 Å². The van der Waals surface area contributed by atoms with Gasteiger partial charge in [0.15, 0.2) is 0 Å². The Morgan fingerprint density at radius 2 is 1.74 bits per heavy atom. The van der Waals surface area contributed by atoms with Gasteiger partial charge in [-0.3, -0.25) is 9.78 Å². The first kappa shape index (κ1) is 23.9. The molecule has 1 fully saturated rings. The van der Waals surface area contributed by atoms with Gasteiger partial charge in [0, 0.05) is 62.2 Å². The first-order chi connectivity index (χ1) is 16.5. The van der Waals surface area contributed by atoms with Crippen LogP contribution < -0.4 is 9.64 Å². The van der Waals surface area contributed by atoms with Crippen LogP contribution in [0, 0.1) is 5.82 Å². The predicted octanol–water partition coefficient (Wildman–Crippen LogP) is 4.78. The number of nitrogens with zero attached hydrogens (tertiary/aromatic N) is 3. The third kappa shape index (κ3) is 6.41. The Bertz CT molecular complexity index is 1090. The minimum absolute atomic E-state index is 0.103. The fourth-order valence-electron chi connectivity index (χ4n) is 4.21. The number of Topliss-reactive ketones (excluding diaryl/α,β-unsaturated/α-hetero) is 1. The molecule has 1 aliphatic rings. The van der Waals surface area contributed by atoms with Crippen molar-refractivity contribution < 1.29 is 13.9 Å². The van der Waals surface area contributed by atoms with E-state index in [0.717, 1.165) is 60.0 Å². The molecule has 4 rings (SSSR count). The third-order valence-electron chi connectivity index (χ3n) is 6.20. The molecular formula is C28H32FN3O2. The number of anilines is 1. The highest BCUT2D eigenvalue weighted by molar-refractivity contribution is 5.80. The molecule has 0 radical (unpaired) electrons. The van der Waals surface area contributed by atoms with Gasteiger partial charge in [0.05, 0.1) is 6.61 Å². The van der Waals surface area contributed by atoms with Crippen molar-refractivity contribution in [1.82, 2.24) is 9.88 Å². The van der Waals surface area contributed by atoms with Crippen LogP contribution in [0.3, 0.4) is 0 Å². The lowest BCUT2D eigenvalue weighted by Gasteiger charge is -2.34. The zero-order valence-electron chi connectivity index (χ0n) is 20.0. The number of ketones is 1. The molecule has 3 aromatic rings. The van der Waals surface area contributed by atoms with Crippen LogP contribution in [0.1, 0.15) is 24.6 Å². The molecule has 0 aliphatic carbocycles. The summed E-state index contributed by atoms with van der Waals surface area (Å²) in [4.78, 5) is 21.5. The number of likely N-dealkylation sites (N-methyl/N-ethyl adjacent to an activating group) is 1. The first-order valence-corrected chi connectivity index (χ1v) is 11.9. The van der Waals surface area contributed by atoms with E-state index in [0.29, 0.717) is 19.4 Å². The minimum Gasteiger partial charge on any atom is -0.494 e. The largest absolute Gasteiger partial charge is 0.494 e. The van der Waals surface area contributed by atoms with Crippen molar-refractivity contribution in [3.05, 3.63) is 77.9 Å². The van der Waals surface area contributed by atoms with Crippen LogP contribution in [-0.4, -0.2) is 55.5 Å². The maximum absolute atomic E-state index is 14.2. The summed E-state index contributed by atoms with van der Waals surface area (Å²) in [6.07, 6.45) is 2.98. The Hall–Kier alpha value is -3.25. The highest BCUT2D eigenvalue weighted by Crippen LogP contribution is 2.23. The van der Waals surface area contributed by atoms with Crippen LogP contribution in [0.2, 0.25) is 0 Å².